The van der Waals surface area contributed by atoms with E-state index in [4.69, 9.17) is 16.3 Å². The summed E-state index contributed by atoms with van der Waals surface area (Å²) in [6, 6.07) is 10.3. The quantitative estimate of drug-likeness (QED) is 0.792. The Morgan fingerprint density at radius 3 is 2.83 bits per heavy atom. The van der Waals surface area contributed by atoms with E-state index >= 15 is 0 Å². The third kappa shape index (κ3) is 3.20. The van der Waals surface area contributed by atoms with E-state index in [1.807, 2.05) is 24.3 Å². The number of halogens is 1. The van der Waals surface area contributed by atoms with Crippen LogP contribution in [-0.2, 0) is 10.0 Å². The van der Waals surface area contributed by atoms with Gasteiger partial charge in [0.1, 0.15) is 15.8 Å². The third-order valence-electron chi connectivity index (χ3n) is 3.99. The van der Waals surface area contributed by atoms with Gasteiger partial charge in [-0.15, -0.1) is 0 Å². The van der Waals surface area contributed by atoms with Crippen molar-refractivity contribution in [1.82, 2.24) is 9.29 Å². The fourth-order valence-corrected chi connectivity index (χ4v) is 4.60. The lowest BCUT2D eigenvalue weighted by Gasteiger charge is -2.24. The minimum Gasteiger partial charge on any atom is -0.497 e. The fraction of sp³-hybridized carbons (Fsp3) is 0.312. The maximum Gasteiger partial charge on any atom is 0.245 e. The molecule has 2 aromatic rings. The van der Waals surface area contributed by atoms with Crippen LogP contribution in [0.4, 0.5) is 0 Å². The molecule has 122 valence electrons. The van der Waals surface area contributed by atoms with Crippen molar-refractivity contribution < 1.29 is 13.2 Å². The van der Waals surface area contributed by atoms with Crippen LogP contribution in [0.1, 0.15) is 24.4 Å². The Bertz CT molecular complexity index is 793. The van der Waals surface area contributed by atoms with Crippen LogP contribution < -0.4 is 4.74 Å². The number of nitrogens with zero attached hydrogens (tertiary/aromatic N) is 2. The summed E-state index contributed by atoms with van der Waals surface area (Å²) < 4.78 is 32.6. The van der Waals surface area contributed by atoms with Gasteiger partial charge in [-0.05, 0) is 42.7 Å². The van der Waals surface area contributed by atoms with Gasteiger partial charge in [-0.1, -0.05) is 23.7 Å². The number of ether oxygens (including phenoxy) is 1. The summed E-state index contributed by atoms with van der Waals surface area (Å²) in [6.45, 7) is 0.493. The highest BCUT2D eigenvalue weighted by atomic mass is 35.5. The van der Waals surface area contributed by atoms with Gasteiger partial charge in [0.05, 0.1) is 13.2 Å². The number of sulfonamides is 1. The van der Waals surface area contributed by atoms with Crippen molar-refractivity contribution in [2.45, 2.75) is 23.8 Å². The highest BCUT2D eigenvalue weighted by Crippen LogP contribution is 2.37. The lowest BCUT2D eigenvalue weighted by atomic mass is 10.1. The van der Waals surface area contributed by atoms with E-state index in [1.54, 1.807) is 7.11 Å². The number of pyridine rings is 1. The molecule has 23 heavy (non-hydrogen) atoms. The molecule has 3 rings (SSSR count). The van der Waals surface area contributed by atoms with Gasteiger partial charge < -0.3 is 4.74 Å². The summed E-state index contributed by atoms with van der Waals surface area (Å²) in [5, 5.41) is 0.273. The molecule has 1 aliphatic heterocycles. The van der Waals surface area contributed by atoms with Crippen molar-refractivity contribution >= 4 is 21.6 Å². The molecule has 0 aliphatic carbocycles. The van der Waals surface area contributed by atoms with Crippen molar-refractivity contribution in [2.24, 2.45) is 0 Å². The summed E-state index contributed by atoms with van der Waals surface area (Å²) in [4.78, 5) is 4.05. The van der Waals surface area contributed by atoms with Gasteiger partial charge in [-0.25, -0.2) is 13.4 Å². The lowest BCUT2D eigenvalue weighted by molar-refractivity contribution is 0.390. The first kappa shape index (κ1) is 16.2. The van der Waals surface area contributed by atoms with Crippen molar-refractivity contribution in [3.05, 3.63) is 53.3 Å². The average molecular weight is 353 g/mol. The second-order valence-electron chi connectivity index (χ2n) is 5.37. The van der Waals surface area contributed by atoms with Crippen molar-refractivity contribution in [3.8, 4) is 5.75 Å². The average Bonchev–Trinajstić information content (AvgIpc) is 3.06. The molecule has 0 bridgehead atoms. The highest BCUT2D eigenvalue weighted by Gasteiger charge is 2.36. The van der Waals surface area contributed by atoms with Gasteiger partial charge in [-0.2, -0.15) is 4.31 Å². The lowest BCUT2D eigenvalue weighted by Crippen LogP contribution is -2.30. The molecule has 1 saturated heterocycles. The standard InChI is InChI=1S/C16H17ClN2O3S/c1-22-13-5-2-4-12(10-13)15-6-3-9-19(15)23(20,21)14-7-8-16(17)18-11-14/h2,4-5,7-8,10-11,15H,3,6,9H2,1H3. The summed E-state index contributed by atoms with van der Waals surface area (Å²) in [5.74, 6) is 0.722. The zero-order valence-corrected chi connectivity index (χ0v) is 14.2. The molecule has 7 heteroatoms. The van der Waals surface area contributed by atoms with Crippen LogP contribution in [0.15, 0.2) is 47.5 Å². The molecule has 1 atom stereocenters. The number of rotatable bonds is 4. The first-order valence-electron chi connectivity index (χ1n) is 7.30. The van der Waals surface area contributed by atoms with Crippen molar-refractivity contribution in [2.75, 3.05) is 13.7 Å². The second-order valence-corrected chi connectivity index (χ2v) is 7.64. The number of methoxy groups -OCH3 is 1. The van der Waals surface area contributed by atoms with Gasteiger partial charge in [0.2, 0.25) is 10.0 Å². The number of aromatic nitrogens is 1. The molecule has 1 fully saturated rings. The molecular formula is C16H17ClN2O3S. The molecule has 1 aliphatic rings. The predicted molar refractivity (Wildman–Crippen MR) is 88.1 cm³/mol. The molecule has 0 radical (unpaired) electrons. The van der Waals surface area contributed by atoms with E-state index in [0.29, 0.717) is 6.54 Å². The van der Waals surface area contributed by atoms with Crippen LogP contribution in [0.3, 0.4) is 0 Å². The van der Waals surface area contributed by atoms with E-state index in [1.165, 1.54) is 22.6 Å². The zero-order chi connectivity index (χ0) is 16.4. The van der Waals surface area contributed by atoms with Crippen LogP contribution in [0.25, 0.3) is 0 Å². The smallest absolute Gasteiger partial charge is 0.245 e. The number of hydrogen-bond acceptors (Lipinski definition) is 4. The van der Waals surface area contributed by atoms with Gasteiger partial charge in [-0.3, -0.25) is 0 Å². The second kappa shape index (κ2) is 6.47. The molecule has 0 N–H and O–H groups in total. The van der Waals surface area contributed by atoms with E-state index in [9.17, 15) is 8.42 Å². The molecule has 0 amide bonds. The Morgan fingerprint density at radius 1 is 1.30 bits per heavy atom. The van der Waals surface area contributed by atoms with E-state index in [-0.39, 0.29) is 16.1 Å². The molecule has 2 heterocycles. The highest BCUT2D eigenvalue weighted by molar-refractivity contribution is 7.89. The Hall–Kier alpha value is -1.63. The van der Waals surface area contributed by atoms with Crippen LogP contribution in [-0.4, -0.2) is 31.4 Å². The number of hydrogen-bond donors (Lipinski definition) is 0. The van der Waals surface area contributed by atoms with Gasteiger partial charge in [0, 0.05) is 12.7 Å². The Kier molecular flexibility index (Phi) is 4.57. The van der Waals surface area contributed by atoms with Crippen LogP contribution >= 0.6 is 11.6 Å². The van der Waals surface area contributed by atoms with E-state index in [2.05, 4.69) is 4.98 Å². The van der Waals surface area contributed by atoms with E-state index < -0.39 is 10.0 Å². The molecular weight excluding hydrogens is 336 g/mol. The van der Waals surface area contributed by atoms with Gasteiger partial charge >= 0.3 is 0 Å². The van der Waals surface area contributed by atoms with Crippen LogP contribution in [0.5, 0.6) is 5.75 Å². The van der Waals surface area contributed by atoms with Crippen molar-refractivity contribution in [3.63, 3.8) is 0 Å². The Morgan fingerprint density at radius 2 is 2.13 bits per heavy atom. The maximum absolute atomic E-state index is 12.9. The summed E-state index contributed by atoms with van der Waals surface area (Å²) in [7, 11) is -2.00. The van der Waals surface area contributed by atoms with Gasteiger partial charge in [0.15, 0.2) is 0 Å². The Balaban J connectivity index is 1.96. The molecule has 0 saturated carbocycles. The minimum absolute atomic E-state index is 0.164. The predicted octanol–water partition coefficient (Wildman–Crippen LogP) is 3.27. The normalized spacial score (nSPS) is 19.0. The fourth-order valence-electron chi connectivity index (χ4n) is 2.86. The van der Waals surface area contributed by atoms with Crippen molar-refractivity contribution in [1.29, 1.82) is 0 Å². The summed E-state index contributed by atoms with van der Waals surface area (Å²) in [6.07, 6.45) is 2.91. The van der Waals surface area contributed by atoms with Gasteiger partial charge in [0.25, 0.3) is 0 Å². The Labute approximate surface area is 140 Å². The summed E-state index contributed by atoms with van der Waals surface area (Å²) >= 11 is 5.75. The SMILES string of the molecule is COc1cccc(C2CCCN2S(=O)(=O)c2ccc(Cl)nc2)c1. The molecule has 1 unspecified atom stereocenters. The van der Waals surface area contributed by atoms with E-state index in [0.717, 1.165) is 24.2 Å². The maximum atomic E-state index is 12.9. The number of benzene rings is 1. The van der Waals surface area contributed by atoms with Crippen LogP contribution in [0, 0.1) is 0 Å². The molecule has 0 spiro atoms. The minimum atomic E-state index is -3.60. The molecule has 5 nitrogen and oxygen atoms in total. The third-order valence-corrected chi connectivity index (χ3v) is 6.10. The molecule has 1 aromatic heterocycles. The first-order valence-corrected chi connectivity index (χ1v) is 9.11. The zero-order valence-electron chi connectivity index (χ0n) is 12.6. The first-order chi connectivity index (χ1) is 11.0. The largest absolute Gasteiger partial charge is 0.497 e. The summed E-state index contributed by atoms with van der Waals surface area (Å²) in [5.41, 5.74) is 0.937. The topological polar surface area (TPSA) is 59.5 Å². The molecule has 1 aromatic carbocycles. The van der Waals surface area contributed by atoms with Crippen LogP contribution in [0.2, 0.25) is 5.15 Å². The monoisotopic (exact) mass is 352 g/mol.